The van der Waals surface area contributed by atoms with E-state index in [1.807, 2.05) is 0 Å². The van der Waals surface area contributed by atoms with Gasteiger partial charge in [0.15, 0.2) is 0 Å². The van der Waals surface area contributed by atoms with Crippen molar-refractivity contribution in [3.05, 3.63) is 0 Å². The Morgan fingerprint density at radius 2 is 1.53 bits per heavy atom. The lowest BCUT2D eigenvalue weighted by molar-refractivity contribution is 0.00682. The molecule has 1 heterocycles. The number of rotatable bonds is 3. The van der Waals surface area contributed by atoms with Gasteiger partial charge in [0.25, 0.3) is 0 Å². The van der Waals surface area contributed by atoms with Gasteiger partial charge >= 0.3 is 0 Å². The number of aliphatic hydroxyl groups is 2. The minimum absolute atomic E-state index is 0.195. The number of hydrogen-bond acceptors (Lipinski definition) is 3. The Labute approximate surface area is 118 Å². The van der Waals surface area contributed by atoms with Gasteiger partial charge in [-0.05, 0) is 31.6 Å². The predicted octanol–water partition coefficient (Wildman–Crippen LogP) is 2.55. The largest absolute Gasteiger partial charge is 0.395 e. The summed E-state index contributed by atoms with van der Waals surface area (Å²) >= 11 is 0. The SMILES string of the molecule is C1CC1.OCC1CC(O)CCN1CC1CCCCC1. The van der Waals surface area contributed by atoms with Gasteiger partial charge in [0, 0.05) is 19.1 Å². The van der Waals surface area contributed by atoms with E-state index >= 15 is 0 Å². The molecule has 2 saturated carbocycles. The normalized spacial score (nSPS) is 32.5. The van der Waals surface area contributed by atoms with Crippen LogP contribution in [-0.4, -0.2) is 47.0 Å². The van der Waals surface area contributed by atoms with Crippen LogP contribution in [0.15, 0.2) is 0 Å². The maximum absolute atomic E-state index is 9.60. The van der Waals surface area contributed by atoms with E-state index in [1.54, 1.807) is 0 Å². The summed E-state index contributed by atoms with van der Waals surface area (Å²) in [4.78, 5) is 2.41. The summed E-state index contributed by atoms with van der Waals surface area (Å²) in [6.45, 7) is 2.30. The van der Waals surface area contributed by atoms with Gasteiger partial charge in [0.1, 0.15) is 0 Å². The molecule has 2 N–H and O–H groups in total. The van der Waals surface area contributed by atoms with Gasteiger partial charge in [-0.1, -0.05) is 38.5 Å². The van der Waals surface area contributed by atoms with E-state index in [0.717, 1.165) is 31.8 Å². The summed E-state index contributed by atoms with van der Waals surface area (Å²) in [7, 11) is 0. The molecule has 2 unspecified atom stereocenters. The third-order valence-electron chi connectivity index (χ3n) is 4.59. The molecule has 0 amide bonds. The molecule has 0 aromatic heterocycles. The Kier molecular flexibility index (Phi) is 6.62. The van der Waals surface area contributed by atoms with E-state index in [4.69, 9.17) is 0 Å². The Hall–Kier alpha value is -0.120. The maximum Gasteiger partial charge on any atom is 0.0587 e. The number of aliphatic hydroxyl groups excluding tert-OH is 2. The van der Waals surface area contributed by atoms with Crippen LogP contribution in [0.25, 0.3) is 0 Å². The smallest absolute Gasteiger partial charge is 0.0587 e. The fourth-order valence-corrected chi connectivity index (χ4v) is 3.21. The highest BCUT2D eigenvalue weighted by Gasteiger charge is 2.28. The molecule has 0 aromatic carbocycles. The van der Waals surface area contributed by atoms with Crippen LogP contribution < -0.4 is 0 Å². The topological polar surface area (TPSA) is 43.7 Å². The zero-order valence-electron chi connectivity index (χ0n) is 12.3. The molecule has 0 radical (unpaired) electrons. The molecule has 2 atom stereocenters. The first kappa shape index (κ1) is 15.3. The Morgan fingerprint density at radius 1 is 0.895 bits per heavy atom. The van der Waals surface area contributed by atoms with Gasteiger partial charge in [0.2, 0.25) is 0 Å². The zero-order valence-corrected chi connectivity index (χ0v) is 12.3. The van der Waals surface area contributed by atoms with Crippen molar-refractivity contribution in [3.63, 3.8) is 0 Å². The molecule has 2 aliphatic carbocycles. The van der Waals surface area contributed by atoms with Gasteiger partial charge < -0.3 is 10.2 Å². The molecule has 112 valence electrons. The van der Waals surface area contributed by atoms with E-state index in [0.29, 0.717) is 0 Å². The van der Waals surface area contributed by atoms with Crippen molar-refractivity contribution in [2.24, 2.45) is 5.92 Å². The van der Waals surface area contributed by atoms with Gasteiger partial charge in [-0.15, -0.1) is 0 Å². The molecule has 0 aromatic rings. The fraction of sp³-hybridized carbons (Fsp3) is 1.00. The molecule has 1 aliphatic heterocycles. The van der Waals surface area contributed by atoms with Crippen LogP contribution in [0, 0.1) is 5.92 Å². The van der Waals surface area contributed by atoms with E-state index in [1.165, 1.54) is 51.4 Å². The van der Waals surface area contributed by atoms with Crippen LogP contribution in [-0.2, 0) is 0 Å². The van der Waals surface area contributed by atoms with Crippen molar-refractivity contribution in [1.82, 2.24) is 4.90 Å². The fourth-order valence-electron chi connectivity index (χ4n) is 3.21. The molecular formula is C16H31NO2. The molecule has 3 rings (SSSR count). The monoisotopic (exact) mass is 269 g/mol. The van der Waals surface area contributed by atoms with Crippen molar-refractivity contribution in [3.8, 4) is 0 Å². The number of likely N-dealkylation sites (tertiary alicyclic amines) is 1. The predicted molar refractivity (Wildman–Crippen MR) is 78.1 cm³/mol. The molecular weight excluding hydrogens is 238 g/mol. The van der Waals surface area contributed by atoms with Crippen molar-refractivity contribution in [2.75, 3.05) is 19.7 Å². The summed E-state index contributed by atoms with van der Waals surface area (Å²) < 4.78 is 0. The summed E-state index contributed by atoms with van der Waals surface area (Å²) in [5.41, 5.74) is 0. The highest BCUT2D eigenvalue weighted by Crippen LogP contribution is 2.27. The second-order valence-electron chi connectivity index (χ2n) is 6.57. The van der Waals surface area contributed by atoms with E-state index in [2.05, 4.69) is 4.90 Å². The van der Waals surface area contributed by atoms with Crippen LogP contribution in [0.3, 0.4) is 0 Å². The summed E-state index contributed by atoms with van der Waals surface area (Å²) in [6.07, 6.45) is 12.8. The van der Waals surface area contributed by atoms with Crippen molar-refractivity contribution in [1.29, 1.82) is 0 Å². The average Bonchev–Trinajstić information content (AvgIpc) is 3.30. The summed E-state index contributed by atoms with van der Waals surface area (Å²) in [5.74, 6) is 0.832. The highest BCUT2D eigenvalue weighted by atomic mass is 16.3. The van der Waals surface area contributed by atoms with Gasteiger partial charge in [-0.25, -0.2) is 0 Å². The Bertz CT molecular complexity index is 236. The molecule has 1 saturated heterocycles. The molecule has 3 nitrogen and oxygen atoms in total. The highest BCUT2D eigenvalue weighted by molar-refractivity contribution is 4.83. The lowest BCUT2D eigenvalue weighted by Crippen LogP contribution is -2.48. The molecule has 3 aliphatic rings. The Balaban J connectivity index is 0.000000390. The molecule has 0 spiro atoms. The average molecular weight is 269 g/mol. The molecule has 19 heavy (non-hydrogen) atoms. The van der Waals surface area contributed by atoms with Crippen LogP contribution >= 0.6 is 0 Å². The van der Waals surface area contributed by atoms with Gasteiger partial charge in [-0.2, -0.15) is 0 Å². The summed E-state index contributed by atoms with van der Waals surface area (Å²) in [6, 6.07) is 0.200. The standard InChI is InChI=1S/C13H25NO2.C3H6/c15-10-12-8-13(16)6-7-14(12)9-11-4-2-1-3-5-11;1-2-3-1/h11-13,15-16H,1-10H2;1-3H2. The third kappa shape index (κ3) is 5.80. The number of hydrogen-bond donors (Lipinski definition) is 2. The molecule has 3 heteroatoms. The maximum atomic E-state index is 9.60. The van der Waals surface area contributed by atoms with Crippen LogP contribution in [0.5, 0.6) is 0 Å². The van der Waals surface area contributed by atoms with E-state index < -0.39 is 0 Å². The van der Waals surface area contributed by atoms with Crippen molar-refractivity contribution >= 4 is 0 Å². The van der Waals surface area contributed by atoms with Crippen molar-refractivity contribution in [2.45, 2.75) is 76.4 Å². The van der Waals surface area contributed by atoms with Crippen LogP contribution in [0.4, 0.5) is 0 Å². The van der Waals surface area contributed by atoms with Gasteiger partial charge in [-0.3, -0.25) is 4.90 Å². The molecule has 0 bridgehead atoms. The van der Waals surface area contributed by atoms with Gasteiger partial charge in [0.05, 0.1) is 12.7 Å². The lowest BCUT2D eigenvalue weighted by atomic mass is 9.87. The first-order valence-corrected chi connectivity index (χ1v) is 8.32. The van der Waals surface area contributed by atoms with Crippen molar-refractivity contribution < 1.29 is 10.2 Å². The minimum atomic E-state index is -0.195. The van der Waals surface area contributed by atoms with Crippen LogP contribution in [0.2, 0.25) is 0 Å². The molecule has 3 fully saturated rings. The lowest BCUT2D eigenvalue weighted by Gasteiger charge is -2.39. The zero-order chi connectivity index (χ0) is 13.5. The second-order valence-corrected chi connectivity index (χ2v) is 6.57. The Morgan fingerprint density at radius 3 is 2.11 bits per heavy atom. The van der Waals surface area contributed by atoms with E-state index in [9.17, 15) is 10.2 Å². The third-order valence-corrected chi connectivity index (χ3v) is 4.59. The van der Waals surface area contributed by atoms with Crippen LogP contribution in [0.1, 0.15) is 64.2 Å². The second kappa shape index (κ2) is 8.23. The first-order chi connectivity index (χ1) is 9.29. The minimum Gasteiger partial charge on any atom is -0.395 e. The summed E-state index contributed by atoms with van der Waals surface area (Å²) in [5, 5.41) is 19.0. The first-order valence-electron chi connectivity index (χ1n) is 8.32. The quantitative estimate of drug-likeness (QED) is 0.827. The van der Waals surface area contributed by atoms with E-state index in [-0.39, 0.29) is 18.8 Å². The number of nitrogens with zero attached hydrogens (tertiary/aromatic N) is 1. The number of piperidine rings is 1.